The van der Waals surface area contributed by atoms with Crippen LogP contribution < -0.4 is 0 Å². The van der Waals surface area contributed by atoms with E-state index in [2.05, 4.69) is 13.0 Å². The highest BCUT2D eigenvalue weighted by atomic mass is 16.5. The number of hydrogen-bond acceptors (Lipinski definition) is 3. The number of fused-ring (bicyclic) bond motifs is 2. The van der Waals surface area contributed by atoms with Gasteiger partial charge in [0, 0.05) is 5.41 Å². The van der Waals surface area contributed by atoms with Crippen molar-refractivity contribution < 1.29 is 19.4 Å². The largest absolute Gasteiger partial charge is 0.481 e. The standard InChI is InChI=1S/C21H26O4/c1-3-4-11-21(19(24)25-14-15-8-6-5-7-9-15)17(18(22)23)16-10-12-20(21,2)13-16/h5-10,12,16-17H,3-4,11,13-14H2,1-2H3,(H,22,23). The van der Waals surface area contributed by atoms with Crippen LogP contribution in [0.3, 0.4) is 0 Å². The van der Waals surface area contributed by atoms with Gasteiger partial charge in [-0.3, -0.25) is 9.59 Å². The van der Waals surface area contributed by atoms with Gasteiger partial charge >= 0.3 is 11.9 Å². The van der Waals surface area contributed by atoms with Crippen molar-refractivity contribution in [1.29, 1.82) is 0 Å². The van der Waals surface area contributed by atoms with Gasteiger partial charge in [-0.1, -0.05) is 69.2 Å². The minimum atomic E-state index is -0.969. The van der Waals surface area contributed by atoms with E-state index in [0.717, 1.165) is 18.4 Å². The summed E-state index contributed by atoms with van der Waals surface area (Å²) in [5.74, 6) is -2.02. The van der Waals surface area contributed by atoms with E-state index in [9.17, 15) is 14.7 Å². The summed E-state index contributed by atoms with van der Waals surface area (Å²) in [7, 11) is 0. The second kappa shape index (κ2) is 6.66. The van der Waals surface area contributed by atoms with Crippen molar-refractivity contribution in [2.75, 3.05) is 0 Å². The van der Waals surface area contributed by atoms with Crippen LogP contribution in [-0.2, 0) is 20.9 Å². The lowest BCUT2D eigenvalue weighted by molar-refractivity contribution is -0.174. The Balaban J connectivity index is 1.91. The molecule has 134 valence electrons. The highest BCUT2D eigenvalue weighted by molar-refractivity contribution is 5.88. The molecule has 1 aromatic rings. The lowest BCUT2D eigenvalue weighted by Crippen LogP contribution is -2.50. The summed E-state index contributed by atoms with van der Waals surface area (Å²) in [4.78, 5) is 25.3. The SMILES string of the molecule is CCCCC1(C(=O)OCc2ccccc2)C(C(=O)O)C2C=CC1(C)C2. The molecule has 4 heteroatoms. The molecular weight excluding hydrogens is 316 g/mol. The van der Waals surface area contributed by atoms with Crippen LogP contribution in [-0.4, -0.2) is 17.0 Å². The molecule has 25 heavy (non-hydrogen) atoms. The summed E-state index contributed by atoms with van der Waals surface area (Å²) in [6, 6.07) is 9.53. The topological polar surface area (TPSA) is 63.6 Å². The van der Waals surface area contributed by atoms with Crippen LogP contribution in [0.2, 0.25) is 0 Å². The molecule has 1 fully saturated rings. The number of carbonyl (C=O) groups is 2. The zero-order chi connectivity index (χ0) is 18.1. The van der Waals surface area contributed by atoms with E-state index in [4.69, 9.17) is 4.74 Å². The molecule has 1 saturated carbocycles. The quantitative estimate of drug-likeness (QED) is 0.596. The average Bonchev–Trinajstić information content (AvgIpc) is 3.10. The molecule has 1 aromatic carbocycles. The summed E-state index contributed by atoms with van der Waals surface area (Å²) in [5.41, 5.74) is -0.496. The van der Waals surface area contributed by atoms with Crippen molar-refractivity contribution in [1.82, 2.24) is 0 Å². The number of unbranched alkanes of at least 4 members (excludes halogenated alkanes) is 1. The van der Waals surface area contributed by atoms with E-state index in [1.54, 1.807) is 0 Å². The molecule has 0 radical (unpaired) electrons. The number of aliphatic carboxylic acids is 1. The Kier molecular flexibility index (Phi) is 4.72. The molecule has 0 aliphatic heterocycles. The van der Waals surface area contributed by atoms with Crippen molar-refractivity contribution in [3.63, 3.8) is 0 Å². The summed E-state index contributed by atoms with van der Waals surface area (Å²) in [6.07, 6.45) is 7.05. The Bertz CT molecular complexity index is 680. The number of benzene rings is 1. The van der Waals surface area contributed by atoms with Crippen molar-refractivity contribution in [3.05, 3.63) is 48.0 Å². The minimum Gasteiger partial charge on any atom is -0.481 e. The second-order valence-corrected chi connectivity index (χ2v) is 7.60. The molecule has 0 spiro atoms. The Hall–Kier alpha value is -2.10. The fourth-order valence-corrected chi connectivity index (χ4v) is 4.85. The number of hydrogen-bond donors (Lipinski definition) is 1. The number of ether oxygens (including phenoxy) is 1. The summed E-state index contributed by atoms with van der Waals surface area (Å²) < 4.78 is 5.67. The second-order valence-electron chi connectivity index (χ2n) is 7.60. The highest BCUT2D eigenvalue weighted by Crippen LogP contribution is 2.66. The van der Waals surface area contributed by atoms with Gasteiger partial charge in [0.15, 0.2) is 0 Å². The lowest BCUT2D eigenvalue weighted by atomic mass is 9.59. The van der Waals surface area contributed by atoms with Gasteiger partial charge in [-0.2, -0.15) is 0 Å². The Labute approximate surface area is 148 Å². The molecule has 2 aliphatic rings. The van der Waals surface area contributed by atoms with Gasteiger partial charge in [-0.25, -0.2) is 0 Å². The zero-order valence-electron chi connectivity index (χ0n) is 14.9. The third kappa shape index (κ3) is 2.78. The van der Waals surface area contributed by atoms with E-state index >= 15 is 0 Å². The van der Waals surface area contributed by atoms with Crippen LogP contribution in [0.5, 0.6) is 0 Å². The Morgan fingerprint density at radius 1 is 1.28 bits per heavy atom. The highest BCUT2D eigenvalue weighted by Gasteiger charge is 2.69. The molecule has 0 aromatic heterocycles. The molecule has 1 N–H and O–H groups in total. The fourth-order valence-electron chi connectivity index (χ4n) is 4.85. The monoisotopic (exact) mass is 342 g/mol. The maximum absolute atomic E-state index is 13.2. The number of carboxylic acid groups (broad SMARTS) is 1. The number of allylic oxidation sites excluding steroid dienone is 2. The predicted molar refractivity (Wildman–Crippen MR) is 94.7 cm³/mol. The maximum Gasteiger partial charge on any atom is 0.314 e. The van der Waals surface area contributed by atoms with E-state index in [1.807, 2.05) is 43.3 Å². The first-order chi connectivity index (χ1) is 11.9. The van der Waals surface area contributed by atoms with Crippen LogP contribution >= 0.6 is 0 Å². The minimum absolute atomic E-state index is 0.0800. The molecule has 0 amide bonds. The van der Waals surface area contributed by atoms with Crippen LogP contribution in [0.4, 0.5) is 0 Å². The van der Waals surface area contributed by atoms with Gasteiger partial charge < -0.3 is 9.84 Å². The molecule has 2 aliphatic carbocycles. The normalized spacial score (nSPS) is 32.7. The molecule has 0 saturated heterocycles. The summed E-state index contributed by atoms with van der Waals surface area (Å²) >= 11 is 0. The summed E-state index contributed by atoms with van der Waals surface area (Å²) in [6.45, 7) is 4.26. The third-order valence-corrected chi connectivity index (χ3v) is 6.12. The van der Waals surface area contributed by atoms with Gasteiger partial charge in [0.25, 0.3) is 0 Å². The van der Waals surface area contributed by atoms with Gasteiger partial charge in [-0.05, 0) is 24.3 Å². The third-order valence-electron chi connectivity index (χ3n) is 6.12. The first-order valence-corrected chi connectivity index (χ1v) is 9.08. The van der Waals surface area contributed by atoms with Crippen molar-refractivity contribution in [2.45, 2.75) is 46.1 Å². The number of rotatable bonds is 7. The molecule has 4 unspecified atom stereocenters. The van der Waals surface area contributed by atoms with Crippen LogP contribution in [0.1, 0.15) is 45.1 Å². The van der Waals surface area contributed by atoms with E-state index in [-0.39, 0.29) is 18.5 Å². The number of esters is 1. The van der Waals surface area contributed by atoms with Crippen molar-refractivity contribution in [2.24, 2.45) is 22.7 Å². The van der Waals surface area contributed by atoms with E-state index in [0.29, 0.717) is 12.8 Å². The van der Waals surface area contributed by atoms with Gasteiger partial charge in [0.1, 0.15) is 6.61 Å². The summed E-state index contributed by atoms with van der Waals surface area (Å²) in [5, 5.41) is 9.88. The molecule has 2 bridgehead atoms. The van der Waals surface area contributed by atoms with E-state index in [1.165, 1.54) is 0 Å². The lowest BCUT2D eigenvalue weighted by Gasteiger charge is -2.43. The number of carbonyl (C=O) groups excluding carboxylic acids is 1. The first-order valence-electron chi connectivity index (χ1n) is 9.08. The molecule has 4 nitrogen and oxygen atoms in total. The first kappa shape index (κ1) is 17.7. The van der Waals surface area contributed by atoms with Crippen molar-refractivity contribution >= 4 is 11.9 Å². The molecule has 0 heterocycles. The van der Waals surface area contributed by atoms with Crippen molar-refractivity contribution in [3.8, 4) is 0 Å². The number of carboxylic acids is 1. The Morgan fingerprint density at radius 3 is 2.64 bits per heavy atom. The van der Waals surface area contributed by atoms with Gasteiger partial charge in [-0.15, -0.1) is 0 Å². The zero-order valence-corrected chi connectivity index (χ0v) is 14.9. The smallest absolute Gasteiger partial charge is 0.314 e. The fraction of sp³-hybridized carbons (Fsp3) is 0.524. The Morgan fingerprint density at radius 2 is 2.00 bits per heavy atom. The molecular formula is C21H26O4. The van der Waals surface area contributed by atoms with Crippen LogP contribution in [0.15, 0.2) is 42.5 Å². The van der Waals surface area contributed by atoms with Gasteiger partial charge in [0.2, 0.25) is 0 Å². The van der Waals surface area contributed by atoms with Crippen LogP contribution in [0.25, 0.3) is 0 Å². The van der Waals surface area contributed by atoms with Crippen LogP contribution in [0, 0.1) is 22.7 Å². The average molecular weight is 342 g/mol. The maximum atomic E-state index is 13.2. The van der Waals surface area contributed by atoms with Gasteiger partial charge in [0.05, 0.1) is 11.3 Å². The predicted octanol–water partition coefficient (Wildman–Crippen LogP) is 4.20. The molecule has 3 rings (SSSR count). The van der Waals surface area contributed by atoms with E-state index < -0.39 is 22.7 Å². The molecule has 4 atom stereocenters.